The molecule has 0 radical (unpaired) electrons. The summed E-state index contributed by atoms with van der Waals surface area (Å²) in [5.41, 5.74) is 1.08. The van der Waals surface area contributed by atoms with Crippen molar-refractivity contribution in [2.75, 3.05) is 39.9 Å². The molecule has 1 N–H and O–H groups in total. The van der Waals surface area contributed by atoms with Gasteiger partial charge in [-0.1, -0.05) is 6.07 Å². The first-order valence-electron chi connectivity index (χ1n) is 9.80. The predicted octanol–water partition coefficient (Wildman–Crippen LogP) is 2.30. The van der Waals surface area contributed by atoms with E-state index in [1.165, 1.54) is 0 Å². The first kappa shape index (κ1) is 19.1. The molecule has 0 saturated carbocycles. The molecule has 3 aliphatic rings. The van der Waals surface area contributed by atoms with Crippen LogP contribution in [-0.2, 0) is 11.3 Å². The maximum atomic E-state index is 5.89. The molecule has 2 aromatic rings. The van der Waals surface area contributed by atoms with Crippen molar-refractivity contribution in [2.24, 2.45) is 0 Å². The molecular weight excluding hydrogens is 408 g/mol. The Balaban J connectivity index is 1.11. The maximum Gasteiger partial charge on any atom is 0.231 e. The number of thiocarbonyl (C=S) groups is 1. The monoisotopic (exact) mass is 430 g/mol. The van der Waals surface area contributed by atoms with Crippen molar-refractivity contribution in [2.45, 2.75) is 12.6 Å². The second kappa shape index (κ2) is 8.45. The fourth-order valence-electron chi connectivity index (χ4n) is 3.50. The molecule has 158 valence electrons. The highest BCUT2D eigenvalue weighted by molar-refractivity contribution is 7.80. The number of nitrogens with zero attached hydrogens (tertiary/aromatic N) is 1. The summed E-state index contributed by atoms with van der Waals surface area (Å²) < 4.78 is 33.2. The van der Waals surface area contributed by atoms with Gasteiger partial charge in [-0.25, -0.2) is 0 Å². The maximum absolute atomic E-state index is 5.89. The lowest BCUT2D eigenvalue weighted by Gasteiger charge is -2.34. The van der Waals surface area contributed by atoms with Gasteiger partial charge in [0.15, 0.2) is 28.1 Å². The Labute approximate surface area is 179 Å². The van der Waals surface area contributed by atoms with Gasteiger partial charge in [-0.15, -0.1) is 0 Å². The second-order valence-electron chi connectivity index (χ2n) is 7.11. The molecule has 0 bridgehead atoms. The molecule has 2 aromatic carbocycles. The van der Waals surface area contributed by atoms with E-state index < -0.39 is 0 Å². The van der Waals surface area contributed by atoms with E-state index >= 15 is 0 Å². The van der Waals surface area contributed by atoms with Gasteiger partial charge in [-0.2, -0.15) is 0 Å². The van der Waals surface area contributed by atoms with E-state index in [1.54, 1.807) is 0 Å². The molecule has 0 aliphatic carbocycles. The number of rotatable bonds is 5. The Kier molecular flexibility index (Phi) is 5.37. The van der Waals surface area contributed by atoms with Crippen LogP contribution < -0.4 is 29.0 Å². The molecule has 1 unspecified atom stereocenters. The van der Waals surface area contributed by atoms with Crippen LogP contribution in [0.3, 0.4) is 0 Å². The summed E-state index contributed by atoms with van der Waals surface area (Å²) >= 11 is 5.59. The Hall–Kier alpha value is -2.91. The van der Waals surface area contributed by atoms with Crippen LogP contribution in [0.5, 0.6) is 28.7 Å². The smallest absolute Gasteiger partial charge is 0.231 e. The highest BCUT2D eigenvalue weighted by Gasteiger charge is 2.23. The average Bonchev–Trinajstić information content (AvgIpc) is 3.44. The van der Waals surface area contributed by atoms with E-state index in [1.807, 2.05) is 36.4 Å². The summed E-state index contributed by atoms with van der Waals surface area (Å²) in [6, 6.07) is 11.4. The number of hydrogen-bond donors (Lipinski definition) is 1. The minimum atomic E-state index is -0.0746. The molecule has 1 atom stereocenters. The molecule has 0 amide bonds. The van der Waals surface area contributed by atoms with Crippen LogP contribution in [0.15, 0.2) is 36.4 Å². The highest BCUT2D eigenvalue weighted by Crippen LogP contribution is 2.35. The molecule has 3 heterocycles. The number of fused-ring (bicyclic) bond motifs is 2. The second-order valence-corrected chi connectivity index (χ2v) is 7.50. The topological polar surface area (TPSA) is 70.7 Å². The van der Waals surface area contributed by atoms with Crippen molar-refractivity contribution < 1.29 is 28.4 Å². The van der Waals surface area contributed by atoms with Gasteiger partial charge >= 0.3 is 0 Å². The van der Waals surface area contributed by atoms with E-state index in [-0.39, 0.29) is 19.7 Å². The number of benzene rings is 2. The summed E-state index contributed by atoms with van der Waals surface area (Å²) in [5, 5.41) is 4.01. The molecule has 30 heavy (non-hydrogen) atoms. The Morgan fingerprint density at radius 1 is 1.00 bits per heavy atom. The number of hydrogen-bond acceptors (Lipinski definition) is 7. The van der Waals surface area contributed by atoms with Gasteiger partial charge in [0.05, 0.1) is 6.61 Å². The van der Waals surface area contributed by atoms with Crippen LogP contribution >= 0.6 is 12.2 Å². The van der Waals surface area contributed by atoms with Gasteiger partial charge in [-0.05, 0) is 42.0 Å². The quantitative estimate of drug-likeness (QED) is 0.720. The van der Waals surface area contributed by atoms with Gasteiger partial charge in [0.25, 0.3) is 0 Å². The molecule has 3 aliphatic heterocycles. The average molecular weight is 430 g/mol. The molecule has 8 nitrogen and oxygen atoms in total. The van der Waals surface area contributed by atoms with Crippen molar-refractivity contribution in [3.05, 3.63) is 42.0 Å². The van der Waals surface area contributed by atoms with Crippen LogP contribution in [0, 0.1) is 0 Å². The third-order valence-electron chi connectivity index (χ3n) is 5.09. The Morgan fingerprint density at radius 3 is 2.57 bits per heavy atom. The van der Waals surface area contributed by atoms with Crippen LogP contribution in [0.1, 0.15) is 5.56 Å². The van der Waals surface area contributed by atoms with E-state index in [9.17, 15) is 0 Å². The van der Waals surface area contributed by atoms with E-state index in [0.717, 1.165) is 35.1 Å². The lowest BCUT2D eigenvalue weighted by atomic mass is 10.2. The third kappa shape index (κ3) is 4.17. The first-order valence-corrected chi connectivity index (χ1v) is 10.2. The summed E-state index contributed by atoms with van der Waals surface area (Å²) in [5.74, 6) is 3.71. The number of nitrogens with one attached hydrogen (secondary N) is 1. The summed E-state index contributed by atoms with van der Waals surface area (Å²) in [7, 11) is 0. The van der Waals surface area contributed by atoms with E-state index in [4.69, 9.17) is 40.6 Å². The predicted molar refractivity (Wildman–Crippen MR) is 111 cm³/mol. The van der Waals surface area contributed by atoms with Crippen LogP contribution in [0.2, 0.25) is 0 Å². The fraction of sp³-hybridized carbons (Fsp3) is 0.381. The summed E-state index contributed by atoms with van der Waals surface area (Å²) in [6.45, 7) is 3.57. The number of ether oxygens (including phenoxy) is 6. The first-order chi connectivity index (χ1) is 14.7. The van der Waals surface area contributed by atoms with Crippen LogP contribution in [0.4, 0.5) is 0 Å². The molecule has 1 fully saturated rings. The lowest BCUT2D eigenvalue weighted by Crippen LogP contribution is -2.50. The minimum Gasteiger partial charge on any atom is -0.491 e. The lowest BCUT2D eigenvalue weighted by molar-refractivity contribution is -0.0288. The SMILES string of the molecule is S=C(NCc1ccc2c(c1)OCO2)N1CCOC(COc2ccc3c(c2)OCO3)C1. The van der Waals surface area contributed by atoms with E-state index in [2.05, 4.69) is 10.2 Å². The van der Waals surface area contributed by atoms with Crippen molar-refractivity contribution in [1.29, 1.82) is 0 Å². The van der Waals surface area contributed by atoms with E-state index in [0.29, 0.717) is 37.2 Å². The number of morpholine rings is 1. The molecule has 0 aromatic heterocycles. The van der Waals surface area contributed by atoms with Gasteiger partial charge in [-0.3, -0.25) is 0 Å². The van der Waals surface area contributed by atoms with Crippen LogP contribution in [-0.4, -0.2) is 56.0 Å². The van der Waals surface area contributed by atoms with Crippen LogP contribution in [0.25, 0.3) is 0 Å². The zero-order chi connectivity index (χ0) is 20.3. The minimum absolute atomic E-state index is 0.0746. The zero-order valence-electron chi connectivity index (χ0n) is 16.3. The zero-order valence-corrected chi connectivity index (χ0v) is 17.1. The molecule has 1 saturated heterocycles. The summed E-state index contributed by atoms with van der Waals surface area (Å²) in [6.07, 6.45) is -0.0746. The standard InChI is InChI=1S/C21H22N2O6S/c30-21(22-9-14-1-3-17-19(7-14)28-12-26-17)23-5-6-24-16(10-23)11-25-15-2-4-18-20(8-15)29-13-27-18/h1-4,7-8,16H,5-6,9-13H2,(H,22,30). The largest absolute Gasteiger partial charge is 0.491 e. The summed E-state index contributed by atoms with van der Waals surface area (Å²) in [4.78, 5) is 2.11. The fourth-order valence-corrected chi connectivity index (χ4v) is 3.74. The Bertz CT molecular complexity index is 940. The highest BCUT2D eigenvalue weighted by atomic mass is 32.1. The Morgan fingerprint density at radius 2 is 1.73 bits per heavy atom. The van der Waals surface area contributed by atoms with Gasteiger partial charge in [0.1, 0.15) is 18.5 Å². The van der Waals surface area contributed by atoms with Crippen molar-refractivity contribution in [3.8, 4) is 28.7 Å². The van der Waals surface area contributed by atoms with Crippen molar-refractivity contribution >= 4 is 17.3 Å². The van der Waals surface area contributed by atoms with Gasteiger partial charge < -0.3 is 38.6 Å². The molecule has 5 rings (SSSR count). The van der Waals surface area contributed by atoms with Gasteiger partial charge in [0, 0.05) is 25.7 Å². The van der Waals surface area contributed by atoms with Crippen molar-refractivity contribution in [1.82, 2.24) is 10.2 Å². The normalized spacial score (nSPS) is 18.9. The molecular formula is C21H22N2O6S. The third-order valence-corrected chi connectivity index (χ3v) is 5.49. The molecule has 9 heteroatoms. The molecule has 0 spiro atoms. The van der Waals surface area contributed by atoms with Gasteiger partial charge in [0.2, 0.25) is 13.6 Å². The van der Waals surface area contributed by atoms with Crippen molar-refractivity contribution in [3.63, 3.8) is 0 Å².